The van der Waals surface area contributed by atoms with Crippen molar-refractivity contribution in [3.63, 3.8) is 0 Å². The number of methoxy groups -OCH3 is 1. The van der Waals surface area contributed by atoms with Gasteiger partial charge in [0.1, 0.15) is 0 Å². The lowest BCUT2D eigenvalue weighted by Crippen LogP contribution is -2.46. The molecule has 0 aromatic carbocycles. The van der Waals surface area contributed by atoms with Gasteiger partial charge in [-0.25, -0.2) is 0 Å². The van der Waals surface area contributed by atoms with Crippen LogP contribution in [0.4, 0.5) is 0 Å². The molecule has 0 bridgehead atoms. The molecule has 0 aromatic heterocycles. The van der Waals surface area contributed by atoms with E-state index in [-0.39, 0.29) is 0 Å². The molecule has 17 heavy (non-hydrogen) atoms. The second kappa shape index (κ2) is 6.17. The molecular weight excluding hydrogens is 214 g/mol. The van der Waals surface area contributed by atoms with Crippen LogP contribution in [0.15, 0.2) is 0 Å². The van der Waals surface area contributed by atoms with Crippen molar-refractivity contribution in [2.24, 2.45) is 5.92 Å². The third kappa shape index (κ3) is 3.94. The average molecular weight is 243 g/mol. The van der Waals surface area contributed by atoms with E-state index in [1.165, 1.54) is 19.4 Å². The number of likely N-dealkylation sites (tertiary alicyclic amines) is 1. The van der Waals surface area contributed by atoms with Crippen molar-refractivity contribution in [3.8, 4) is 0 Å². The van der Waals surface area contributed by atoms with Crippen LogP contribution in [-0.2, 0) is 4.74 Å². The maximum atomic E-state index is 10.1. The normalized spacial score (nSPS) is 29.3. The highest BCUT2D eigenvalue weighted by Crippen LogP contribution is 2.24. The first-order valence-electron chi connectivity index (χ1n) is 6.85. The molecule has 3 unspecified atom stereocenters. The first kappa shape index (κ1) is 14.9. The Morgan fingerprint density at radius 2 is 2.06 bits per heavy atom. The Balaban J connectivity index is 2.39. The van der Waals surface area contributed by atoms with Gasteiger partial charge in [-0.05, 0) is 52.5 Å². The summed E-state index contributed by atoms with van der Waals surface area (Å²) < 4.78 is 5.32. The van der Waals surface area contributed by atoms with Gasteiger partial charge in [0.25, 0.3) is 0 Å². The summed E-state index contributed by atoms with van der Waals surface area (Å²) in [5, 5.41) is 10.1. The van der Waals surface area contributed by atoms with Gasteiger partial charge in [-0.3, -0.25) is 0 Å². The summed E-state index contributed by atoms with van der Waals surface area (Å²) in [7, 11) is 1.66. The molecule has 1 N–H and O–H groups in total. The van der Waals surface area contributed by atoms with Gasteiger partial charge >= 0.3 is 0 Å². The maximum Gasteiger partial charge on any atom is 0.0880 e. The van der Waals surface area contributed by atoms with Gasteiger partial charge in [-0.2, -0.15) is 0 Å². The molecule has 1 aliphatic rings. The summed E-state index contributed by atoms with van der Waals surface area (Å²) >= 11 is 0. The van der Waals surface area contributed by atoms with Crippen LogP contribution in [0.3, 0.4) is 0 Å². The molecule has 0 aliphatic carbocycles. The smallest absolute Gasteiger partial charge is 0.0880 e. The first-order chi connectivity index (χ1) is 7.88. The highest BCUT2D eigenvalue weighted by molar-refractivity contribution is 4.83. The van der Waals surface area contributed by atoms with Gasteiger partial charge in [0.15, 0.2) is 0 Å². The van der Waals surface area contributed by atoms with E-state index in [1.807, 2.05) is 13.8 Å². The highest BCUT2D eigenvalue weighted by Gasteiger charge is 2.29. The van der Waals surface area contributed by atoms with Gasteiger partial charge in [0.05, 0.1) is 11.7 Å². The van der Waals surface area contributed by atoms with Crippen LogP contribution in [0.5, 0.6) is 0 Å². The minimum absolute atomic E-state index is 0.392. The number of aliphatic hydroxyl groups is 1. The van der Waals surface area contributed by atoms with Crippen LogP contribution in [0.2, 0.25) is 0 Å². The number of aliphatic hydroxyl groups excluding tert-OH is 1. The quantitative estimate of drug-likeness (QED) is 0.804. The van der Waals surface area contributed by atoms with E-state index < -0.39 is 11.7 Å². The highest BCUT2D eigenvalue weighted by atomic mass is 16.5. The molecule has 3 nitrogen and oxygen atoms in total. The largest absolute Gasteiger partial charge is 0.390 e. The molecule has 3 heteroatoms. The average Bonchev–Trinajstić information content (AvgIpc) is 2.30. The number of rotatable bonds is 5. The van der Waals surface area contributed by atoms with Gasteiger partial charge in [0.2, 0.25) is 0 Å². The predicted octanol–water partition coefficient (Wildman–Crippen LogP) is 2.28. The molecule has 1 rings (SSSR count). The zero-order valence-corrected chi connectivity index (χ0v) is 12.1. The molecular formula is C14H29NO2. The maximum absolute atomic E-state index is 10.1. The second-order valence-electron chi connectivity index (χ2n) is 6.01. The lowest BCUT2D eigenvalue weighted by molar-refractivity contribution is -0.0842. The third-order valence-corrected chi connectivity index (χ3v) is 4.52. The second-order valence-corrected chi connectivity index (χ2v) is 6.01. The first-order valence-corrected chi connectivity index (χ1v) is 6.85. The Labute approximate surface area is 106 Å². The Kier molecular flexibility index (Phi) is 5.42. The lowest BCUT2D eigenvalue weighted by Gasteiger charge is -2.39. The SMILES string of the molecule is COC(C)(C)C(O)CCN1CCCC(C)C1C. The van der Waals surface area contributed by atoms with Crippen molar-refractivity contribution in [2.75, 3.05) is 20.2 Å². The van der Waals surface area contributed by atoms with Gasteiger partial charge in [-0.1, -0.05) is 6.92 Å². The number of ether oxygens (including phenoxy) is 1. The number of piperidine rings is 1. The minimum Gasteiger partial charge on any atom is -0.390 e. The fraction of sp³-hybridized carbons (Fsp3) is 1.00. The van der Waals surface area contributed by atoms with Crippen molar-refractivity contribution in [2.45, 2.75) is 64.7 Å². The molecule has 1 saturated heterocycles. The van der Waals surface area contributed by atoms with Crippen molar-refractivity contribution >= 4 is 0 Å². The molecule has 1 fully saturated rings. The molecule has 3 atom stereocenters. The van der Waals surface area contributed by atoms with E-state index in [0.29, 0.717) is 6.04 Å². The van der Waals surface area contributed by atoms with E-state index in [0.717, 1.165) is 18.9 Å². The van der Waals surface area contributed by atoms with Gasteiger partial charge in [-0.15, -0.1) is 0 Å². The standard InChI is InChI=1S/C14H29NO2/c1-11-7-6-9-15(12(11)2)10-8-13(16)14(3,4)17-5/h11-13,16H,6-10H2,1-5H3. The van der Waals surface area contributed by atoms with Crippen molar-refractivity contribution in [3.05, 3.63) is 0 Å². The fourth-order valence-electron chi connectivity index (χ4n) is 2.51. The Morgan fingerprint density at radius 3 is 2.65 bits per heavy atom. The van der Waals surface area contributed by atoms with Crippen molar-refractivity contribution in [1.82, 2.24) is 4.90 Å². The van der Waals surface area contributed by atoms with Gasteiger partial charge in [0, 0.05) is 19.7 Å². The summed E-state index contributed by atoms with van der Waals surface area (Å²) in [6, 6.07) is 0.640. The molecule has 0 aromatic rings. The van der Waals surface area contributed by atoms with Crippen LogP contribution in [0, 0.1) is 5.92 Å². The van der Waals surface area contributed by atoms with E-state index in [4.69, 9.17) is 4.74 Å². The van der Waals surface area contributed by atoms with Crippen LogP contribution in [0.1, 0.15) is 47.0 Å². The topological polar surface area (TPSA) is 32.7 Å². The van der Waals surface area contributed by atoms with Crippen molar-refractivity contribution in [1.29, 1.82) is 0 Å². The number of hydrogen-bond donors (Lipinski definition) is 1. The molecule has 0 spiro atoms. The summed E-state index contributed by atoms with van der Waals surface area (Å²) in [4.78, 5) is 2.50. The molecule has 1 heterocycles. The molecule has 0 radical (unpaired) electrons. The third-order valence-electron chi connectivity index (χ3n) is 4.52. The molecule has 0 amide bonds. The molecule has 0 saturated carbocycles. The van der Waals surface area contributed by atoms with Crippen LogP contribution >= 0.6 is 0 Å². The number of hydrogen-bond acceptors (Lipinski definition) is 3. The summed E-state index contributed by atoms with van der Waals surface area (Å²) in [6.07, 6.45) is 3.02. The number of nitrogens with zero attached hydrogens (tertiary/aromatic N) is 1. The van der Waals surface area contributed by atoms with Gasteiger partial charge < -0.3 is 14.7 Å². The molecule has 102 valence electrons. The summed E-state index contributed by atoms with van der Waals surface area (Å²) in [6.45, 7) is 10.7. The minimum atomic E-state index is -0.440. The fourth-order valence-corrected chi connectivity index (χ4v) is 2.51. The monoisotopic (exact) mass is 243 g/mol. The molecule has 1 aliphatic heterocycles. The Hall–Kier alpha value is -0.120. The van der Waals surface area contributed by atoms with Crippen molar-refractivity contribution < 1.29 is 9.84 Å². The zero-order chi connectivity index (χ0) is 13.1. The Morgan fingerprint density at radius 1 is 1.41 bits per heavy atom. The zero-order valence-electron chi connectivity index (χ0n) is 12.1. The predicted molar refractivity (Wildman–Crippen MR) is 71.1 cm³/mol. The van der Waals surface area contributed by atoms with Crippen LogP contribution in [0.25, 0.3) is 0 Å². The summed E-state index contributed by atoms with van der Waals surface area (Å²) in [5.74, 6) is 0.774. The van der Waals surface area contributed by atoms with E-state index in [2.05, 4.69) is 18.7 Å². The van der Waals surface area contributed by atoms with E-state index in [1.54, 1.807) is 7.11 Å². The summed E-state index contributed by atoms with van der Waals surface area (Å²) in [5.41, 5.74) is -0.440. The van der Waals surface area contributed by atoms with E-state index >= 15 is 0 Å². The van der Waals surface area contributed by atoms with E-state index in [9.17, 15) is 5.11 Å². The van der Waals surface area contributed by atoms with Crippen LogP contribution < -0.4 is 0 Å². The Bertz CT molecular complexity index is 230. The lowest BCUT2D eigenvalue weighted by atomic mass is 9.91. The van der Waals surface area contributed by atoms with Crippen LogP contribution in [-0.4, -0.2) is 48.0 Å².